The van der Waals surface area contributed by atoms with Crippen molar-refractivity contribution < 1.29 is 4.79 Å². The van der Waals surface area contributed by atoms with Gasteiger partial charge in [0.05, 0.1) is 0 Å². The van der Waals surface area contributed by atoms with Crippen molar-refractivity contribution in [2.24, 2.45) is 5.73 Å². The number of hydrogen-bond donors (Lipinski definition) is 1. The molecule has 0 atom stereocenters. The minimum absolute atomic E-state index is 0.269. The first-order valence-electron chi connectivity index (χ1n) is 6.19. The molecule has 0 aromatic heterocycles. The smallest absolute Gasteiger partial charge is 0.137 e. The molecule has 2 N–H and O–H groups in total. The summed E-state index contributed by atoms with van der Waals surface area (Å²) < 4.78 is 0. The molecule has 1 aromatic rings. The van der Waals surface area contributed by atoms with E-state index in [0.717, 1.165) is 37.8 Å². The molecule has 0 aliphatic rings. The zero-order valence-corrected chi connectivity index (χ0v) is 10.9. The molecule has 3 heteroatoms. The van der Waals surface area contributed by atoms with Gasteiger partial charge in [-0.25, -0.2) is 0 Å². The molecule has 0 radical (unpaired) electrons. The lowest BCUT2D eigenvalue weighted by Gasteiger charge is -2.03. The monoisotopic (exact) mass is 253 g/mol. The third kappa shape index (κ3) is 5.85. The van der Waals surface area contributed by atoms with E-state index in [4.69, 9.17) is 17.3 Å². The molecule has 0 saturated carbocycles. The molecule has 0 unspecified atom stereocenters. The van der Waals surface area contributed by atoms with Gasteiger partial charge in [-0.05, 0) is 31.0 Å². The molecule has 0 fully saturated rings. The molecule has 2 nitrogen and oxygen atoms in total. The Morgan fingerprint density at radius 1 is 1.12 bits per heavy atom. The van der Waals surface area contributed by atoms with E-state index in [1.54, 1.807) is 0 Å². The predicted octanol–water partition coefficient (Wildman–Crippen LogP) is 3.36. The summed E-state index contributed by atoms with van der Waals surface area (Å²) in [6.45, 7) is 0.744. The van der Waals surface area contributed by atoms with Crippen LogP contribution in [0.5, 0.6) is 0 Å². The van der Waals surface area contributed by atoms with Gasteiger partial charge in [0.2, 0.25) is 0 Å². The van der Waals surface area contributed by atoms with E-state index in [0.29, 0.717) is 17.9 Å². The van der Waals surface area contributed by atoms with Crippen LogP contribution in [0.2, 0.25) is 5.02 Å². The van der Waals surface area contributed by atoms with Gasteiger partial charge in [0.25, 0.3) is 0 Å². The normalized spacial score (nSPS) is 10.5. The van der Waals surface area contributed by atoms with Gasteiger partial charge >= 0.3 is 0 Å². The Bertz CT molecular complexity index is 352. The molecule has 0 aliphatic carbocycles. The Hall–Kier alpha value is -0.860. The van der Waals surface area contributed by atoms with Crippen molar-refractivity contribution in [1.29, 1.82) is 0 Å². The lowest BCUT2D eigenvalue weighted by Crippen LogP contribution is -2.03. The highest BCUT2D eigenvalue weighted by Crippen LogP contribution is 2.16. The molecule has 1 rings (SSSR count). The van der Waals surface area contributed by atoms with Crippen molar-refractivity contribution in [2.45, 2.75) is 38.5 Å². The topological polar surface area (TPSA) is 43.1 Å². The number of unbranched alkanes of at least 4 members (excludes halogenated alkanes) is 3. The molecule has 17 heavy (non-hydrogen) atoms. The van der Waals surface area contributed by atoms with Crippen LogP contribution >= 0.6 is 11.6 Å². The third-order valence-corrected chi connectivity index (χ3v) is 3.12. The number of hydrogen-bond acceptors (Lipinski definition) is 2. The molecule has 0 aliphatic heterocycles. The fourth-order valence-corrected chi connectivity index (χ4v) is 1.97. The van der Waals surface area contributed by atoms with Crippen molar-refractivity contribution in [3.8, 4) is 0 Å². The number of Topliss-reactive ketones (excluding diaryl/α,β-unsaturated/α-hetero) is 1. The van der Waals surface area contributed by atoms with Crippen LogP contribution in [0, 0.1) is 0 Å². The highest BCUT2D eigenvalue weighted by atomic mass is 35.5. The number of carbonyl (C=O) groups excluding carboxylic acids is 1. The molecule has 0 bridgehead atoms. The number of rotatable bonds is 8. The van der Waals surface area contributed by atoms with Crippen LogP contribution in [0.15, 0.2) is 24.3 Å². The average Bonchev–Trinajstić information content (AvgIpc) is 2.32. The molecular weight excluding hydrogens is 234 g/mol. The molecule has 1 aromatic carbocycles. The number of carbonyl (C=O) groups is 1. The Labute approximate surface area is 108 Å². The second-order valence-corrected chi connectivity index (χ2v) is 4.67. The summed E-state index contributed by atoms with van der Waals surface area (Å²) >= 11 is 6.00. The Kier molecular flexibility index (Phi) is 6.90. The van der Waals surface area contributed by atoms with E-state index in [1.807, 2.05) is 24.3 Å². The van der Waals surface area contributed by atoms with E-state index in [1.165, 1.54) is 0 Å². The predicted molar refractivity (Wildman–Crippen MR) is 72.3 cm³/mol. The van der Waals surface area contributed by atoms with Crippen molar-refractivity contribution in [2.75, 3.05) is 6.54 Å². The molecule has 0 amide bonds. The average molecular weight is 254 g/mol. The van der Waals surface area contributed by atoms with Crippen LogP contribution in [0.25, 0.3) is 0 Å². The van der Waals surface area contributed by atoms with E-state index in [-0.39, 0.29) is 5.78 Å². The summed E-state index contributed by atoms with van der Waals surface area (Å²) in [7, 11) is 0. The van der Waals surface area contributed by atoms with Gasteiger partial charge in [-0.2, -0.15) is 0 Å². The molecule has 0 heterocycles. The van der Waals surface area contributed by atoms with Crippen molar-refractivity contribution in [3.05, 3.63) is 34.9 Å². The van der Waals surface area contributed by atoms with Gasteiger partial charge in [0.1, 0.15) is 5.78 Å². The molecular formula is C14H20ClNO. The van der Waals surface area contributed by atoms with E-state index in [9.17, 15) is 4.79 Å². The highest BCUT2D eigenvalue weighted by molar-refractivity contribution is 6.31. The summed E-state index contributed by atoms with van der Waals surface area (Å²) in [5, 5.41) is 0.684. The Balaban J connectivity index is 2.23. The van der Waals surface area contributed by atoms with Crippen molar-refractivity contribution in [3.63, 3.8) is 0 Å². The molecule has 0 saturated heterocycles. The van der Waals surface area contributed by atoms with Crippen LogP contribution in [0.3, 0.4) is 0 Å². The number of ketones is 1. The van der Waals surface area contributed by atoms with E-state index in [2.05, 4.69) is 0 Å². The largest absolute Gasteiger partial charge is 0.330 e. The number of nitrogens with two attached hydrogens (primary N) is 1. The van der Waals surface area contributed by atoms with Gasteiger partial charge < -0.3 is 5.73 Å². The zero-order valence-electron chi connectivity index (χ0n) is 10.1. The van der Waals surface area contributed by atoms with Crippen LogP contribution < -0.4 is 5.73 Å². The second kappa shape index (κ2) is 8.26. The maximum atomic E-state index is 11.7. The number of halogens is 1. The fourth-order valence-electron chi connectivity index (χ4n) is 1.76. The van der Waals surface area contributed by atoms with Gasteiger partial charge in [-0.1, -0.05) is 42.6 Å². The first-order chi connectivity index (χ1) is 8.24. The Morgan fingerprint density at radius 2 is 1.82 bits per heavy atom. The minimum atomic E-state index is 0.269. The van der Waals surface area contributed by atoms with Crippen LogP contribution in [-0.2, 0) is 11.2 Å². The van der Waals surface area contributed by atoms with Gasteiger partial charge in [0.15, 0.2) is 0 Å². The van der Waals surface area contributed by atoms with E-state index >= 15 is 0 Å². The van der Waals surface area contributed by atoms with Gasteiger partial charge in [-0.3, -0.25) is 4.79 Å². The van der Waals surface area contributed by atoms with Gasteiger partial charge in [-0.15, -0.1) is 0 Å². The molecule has 0 spiro atoms. The summed E-state index contributed by atoms with van der Waals surface area (Å²) in [5.74, 6) is 0.269. The SMILES string of the molecule is NCCCCCCC(=O)Cc1ccccc1Cl. The standard InChI is InChI=1S/C14H20ClNO/c15-14-9-5-4-7-12(14)11-13(17)8-3-1-2-6-10-16/h4-5,7,9H,1-3,6,8,10-11,16H2. The summed E-state index contributed by atoms with van der Waals surface area (Å²) in [4.78, 5) is 11.7. The fraction of sp³-hybridized carbons (Fsp3) is 0.500. The third-order valence-electron chi connectivity index (χ3n) is 2.76. The van der Waals surface area contributed by atoms with Crippen molar-refractivity contribution >= 4 is 17.4 Å². The second-order valence-electron chi connectivity index (χ2n) is 4.26. The lowest BCUT2D eigenvalue weighted by atomic mass is 10.0. The quantitative estimate of drug-likeness (QED) is 0.722. The van der Waals surface area contributed by atoms with Crippen LogP contribution in [0.1, 0.15) is 37.7 Å². The highest BCUT2D eigenvalue weighted by Gasteiger charge is 2.06. The summed E-state index contributed by atoms with van der Waals surface area (Å²) in [6.07, 6.45) is 5.33. The minimum Gasteiger partial charge on any atom is -0.330 e. The number of benzene rings is 1. The van der Waals surface area contributed by atoms with E-state index < -0.39 is 0 Å². The first kappa shape index (κ1) is 14.2. The summed E-state index contributed by atoms with van der Waals surface area (Å²) in [6, 6.07) is 7.53. The maximum absolute atomic E-state index is 11.7. The zero-order chi connectivity index (χ0) is 12.5. The maximum Gasteiger partial charge on any atom is 0.137 e. The lowest BCUT2D eigenvalue weighted by molar-refractivity contribution is -0.118. The van der Waals surface area contributed by atoms with Gasteiger partial charge in [0, 0.05) is 17.9 Å². The Morgan fingerprint density at radius 3 is 2.53 bits per heavy atom. The summed E-state index contributed by atoms with van der Waals surface area (Å²) in [5.41, 5.74) is 6.34. The first-order valence-corrected chi connectivity index (χ1v) is 6.57. The van der Waals surface area contributed by atoms with Crippen molar-refractivity contribution in [1.82, 2.24) is 0 Å². The van der Waals surface area contributed by atoms with Crippen LogP contribution in [-0.4, -0.2) is 12.3 Å². The molecule has 94 valence electrons. The van der Waals surface area contributed by atoms with Crippen LogP contribution in [0.4, 0.5) is 0 Å².